The summed E-state index contributed by atoms with van der Waals surface area (Å²) in [6.07, 6.45) is 0.207. The van der Waals surface area contributed by atoms with Gasteiger partial charge >= 0.3 is 0 Å². The van der Waals surface area contributed by atoms with Crippen LogP contribution in [0.25, 0.3) is 0 Å². The Bertz CT molecular complexity index is 1140. The Labute approximate surface area is 185 Å². The molecule has 0 radical (unpaired) electrons. The highest BCUT2D eigenvalue weighted by Gasteiger charge is 2.32. The second-order valence-corrected chi connectivity index (χ2v) is 9.68. The lowest BCUT2D eigenvalue weighted by Crippen LogP contribution is -2.40. The number of halogens is 1. The van der Waals surface area contributed by atoms with Crippen molar-refractivity contribution in [2.45, 2.75) is 24.2 Å². The molecule has 1 saturated heterocycles. The van der Waals surface area contributed by atoms with Crippen molar-refractivity contribution >= 4 is 27.4 Å². The molecule has 10 heteroatoms. The second-order valence-electron chi connectivity index (χ2n) is 7.74. The zero-order valence-electron chi connectivity index (χ0n) is 17.5. The van der Waals surface area contributed by atoms with Crippen molar-refractivity contribution in [3.05, 3.63) is 53.3 Å². The fourth-order valence-electron chi connectivity index (χ4n) is 3.93. The van der Waals surface area contributed by atoms with Gasteiger partial charge in [-0.1, -0.05) is 6.92 Å². The van der Waals surface area contributed by atoms with Gasteiger partial charge in [-0.15, -0.1) is 0 Å². The number of sulfonamides is 1. The maximum atomic E-state index is 14.1. The molecule has 1 atom stereocenters. The van der Waals surface area contributed by atoms with E-state index in [0.29, 0.717) is 37.6 Å². The summed E-state index contributed by atoms with van der Waals surface area (Å²) < 4.78 is 51.4. The minimum atomic E-state index is -3.62. The van der Waals surface area contributed by atoms with Gasteiger partial charge in [0, 0.05) is 30.8 Å². The molecule has 0 spiro atoms. The van der Waals surface area contributed by atoms with E-state index in [1.165, 1.54) is 40.7 Å². The van der Waals surface area contributed by atoms with Crippen LogP contribution < -0.4 is 10.1 Å². The third-order valence-electron chi connectivity index (χ3n) is 5.52. The van der Waals surface area contributed by atoms with Crippen molar-refractivity contribution in [2.75, 3.05) is 38.2 Å². The lowest BCUT2D eigenvalue weighted by molar-refractivity contribution is -0.118. The summed E-state index contributed by atoms with van der Waals surface area (Å²) >= 11 is 0. The summed E-state index contributed by atoms with van der Waals surface area (Å²) in [6.45, 7) is 2.70. The van der Waals surface area contributed by atoms with Gasteiger partial charge in [0.25, 0.3) is 5.91 Å². The Morgan fingerprint density at radius 2 is 1.88 bits per heavy atom. The third-order valence-corrected chi connectivity index (χ3v) is 7.43. The van der Waals surface area contributed by atoms with Crippen molar-refractivity contribution in [2.24, 2.45) is 0 Å². The predicted octanol–water partition coefficient (Wildman–Crippen LogP) is 2.55. The number of ether oxygens (including phenoxy) is 2. The van der Waals surface area contributed by atoms with E-state index in [4.69, 9.17) is 9.47 Å². The van der Waals surface area contributed by atoms with Crippen LogP contribution in [-0.4, -0.2) is 57.3 Å². The van der Waals surface area contributed by atoms with Crippen LogP contribution in [0.5, 0.6) is 5.75 Å². The normalized spacial score (nSPS) is 18.9. The van der Waals surface area contributed by atoms with E-state index >= 15 is 0 Å². The quantitative estimate of drug-likeness (QED) is 0.708. The van der Waals surface area contributed by atoms with Crippen LogP contribution in [0.2, 0.25) is 0 Å². The number of amides is 1. The first kappa shape index (κ1) is 22.4. The summed E-state index contributed by atoms with van der Waals surface area (Å²) in [7, 11) is -3.62. The molecular weight excluding hydrogens is 439 g/mol. The number of hydrogen-bond donors (Lipinski definition) is 1. The molecule has 4 rings (SSSR count). The Morgan fingerprint density at radius 1 is 1.19 bits per heavy atom. The van der Waals surface area contributed by atoms with Gasteiger partial charge < -0.3 is 14.8 Å². The molecule has 0 bridgehead atoms. The Morgan fingerprint density at radius 3 is 2.56 bits per heavy atom. The molecule has 170 valence electrons. The monoisotopic (exact) mass is 462 g/mol. The summed E-state index contributed by atoms with van der Waals surface area (Å²) in [6, 6.07) is 8.41. The molecule has 32 heavy (non-hydrogen) atoms. The average molecular weight is 462 g/mol. The van der Waals surface area contributed by atoms with E-state index < -0.39 is 21.7 Å². The fraction of sp³-hybridized carbons (Fsp3) is 0.364. The van der Waals surface area contributed by atoms with Crippen LogP contribution in [0.1, 0.15) is 35.2 Å². The number of rotatable bonds is 6. The van der Waals surface area contributed by atoms with Crippen molar-refractivity contribution in [1.82, 2.24) is 4.31 Å². The van der Waals surface area contributed by atoms with Crippen molar-refractivity contribution < 1.29 is 31.9 Å². The zero-order valence-corrected chi connectivity index (χ0v) is 18.3. The maximum absolute atomic E-state index is 14.1. The lowest BCUT2D eigenvalue weighted by Gasteiger charge is -2.26. The van der Waals surface area contributed by atoms with Gasteiger partial charge in [0.1, 0.15) is 11.6 Å². The molecule has 1 amide bonds. The van der Waals surface area contributed by atoms with Crippen LogP contribution in [0.3, 0.4) is 0 Å². The van der Waals surface area contributed by atoms with Crippen molar-refractivity contribution in [3.63, 3.8) is 0 Å². The van der Waals surface area contributed by atoms with Gasteiger partial charge in [-0.25, -0.2) is 12.8 Å². The second kappa shape index (κ2) is 8.97. The molecule has 2 aromatic carbocycles. The number of carbonyl (C=O) groups excluding carboxylic acids is 2. The number of carbonyl (C=O) groups is 2. The first-order chi connectivity index (χ1) is 15.3. The van der Waals surface area contributed by atoms with E-state index in [-0.39, 0.29) is 40.9 Å². The standard InChI is InChI=1S/C22H23FN2O6S/c1-14-12-18(26)22-19(7-6-17(23)21(14)22)31-13-20(27)24-15-2-4-16(5-3-15)32(28,29)25-8-10-30-11-9-25/h2-7,14H,8-13H2,1H3,(H,24,27). The van der Waals surface area contributed by atoms with Gasteiger partial charge in [0.05, 0.1) is 23.7 Å². The van der Waals surface area contributed by atoms with Gasteiger partial charge in [-0.05, 0) is 42.3 Å². The van der Waals surface area contributed by atoms with Crippen LogP contribution in [0.15, 0.2) is 41.3 Å². The summed E-state index contributed by atoms with van der Waals surface area (Å²) in [5.41, 5.74) is 0.918. The summed E-state index contributed by atoms with van der Waals surface area (Å²) in [4.78, 5) is 24.6. The number of ketones is 1. The summed E-state index contributed by atoms with van der Waals surface area (Å²) in [5.74, 6) is -1.22. The van der Waals surface area contributed by atoms with Crippen LogP contribution in [0.4, 0.5) is 10.1 Å². The molecular formula is C22H23FN2O6S. The first-order valence-corrected chi connectivity index (χ1v) is 11.7. The van der Waals surface area contributed by atoms with E-state index in [0.717, 1.165) is 0 Å². The smallest absolute Gasteiger partial charge is 0.262 e. The minimum absolute atomic E-state index is 0.128. The molecule has 8 nitrogen and oxygen atoms in total. The molecule has 0 saturated carbocycles. The number of benzene rings is 2. The number of hydrogen-bond acceptors (Lipinski definition) is 6. The predicted molar refractivity (Wildman–Crippen MR) is 114 cm³/mol. The first-order valence-electron chi connectivity index (χ1n) is 10.2. The number of nitrogens with zero attached hydrogens (tertiary/aromatic N) is 1. The van der Waals surface area contributed by atoms with Crippen molar-refractivity contribution in [1.29, 1.82) is 0 Å². The SMILES string of the molecule is CC1CC(=O)c2c(OCC(=O)Nc3ccc(S(=O)(=O)N4CCOCC4)cc3)ccc(F)c21. The molecule has 1 N–H and O–H groups in total. The van der Waals surface area contributed by atoms with E-state index in [1.54, 1.807) is 6.92 Å². The number of fused-ring (bicyclic) bond motifs is 1. The van der Waals surface area contributed by atoms with Crippen LogP contribution >= 0.6 is 0 Å². The molecule has 0 aromatic heterocycles. The average Bonchev–Trinajstić information content (AvgIpc) is 3.09. The third kappa shape index (κ3) is 4.38. The molecule has 1 fully saturated rings. The van der Waals surface area contributed by atoms with Gasteiger partial charge in [-0.2, -0.15) is 4.31 Å². The lowest BCUT2D eigenvalue weighted by atomic mass is 10.0. The van der Waals surface area contributed by atoms with Crippen molar-refractivity contribution in [3.8, 4) is 5.75 Å². The molecule has 1 aliphatic carbocycles. The van der Waals surface area contributed by atoms with Crippen LogP contribution in [-0.2, 0) is 19.6 Å². The van der Waals surface area contributed by atoms with Crippen LogP contribution in [0, 0.1) is 5.82 Å². The highest BCUT2D eigenvalue weighted by atomic mass is 32.2. The Balaban J connectivity index is 1.39. The highest BCUT2D eigenvalue weighted by Crippen LogP contribution is 2.39. The van der Waals surface area contributed by atoms with Gasteiger partial charge in [-0.3, -0.25) is 9.59 Å². The molecule has 2 aromatic rings. The number of nitrogens with one attached hydrogen (secondary N) is 1. The molecule has 2 aliphatic rings. The minimum Gasteiger partial charge on any atom is -0.483 e. The Hall–Kier alpha value is -2.82. The van der Waals surface area contributed by atoms with E-state index in [2.05, 4.69) is 5.32 Å². The highest BCUT2D eigenvalue weighted by molar-refractivity contribution is 7.89. The molecule has 1 unspecified atom stereocenters. The molecule has 1 heterocycles. The van der Waals surface area contributed by atoms with Gasteiger partial charge in [0.2, 0.25) is 10.0 Å². The fourth-order valence-corrected chi connectivity index (χ4v) is 5.34. The number of Topliss-reactive ketones (excluding diaryl/α,β-unsaturated/α-hetero) is 1. The largest absolute Gasteiger partial charge is 0.483 e. The molecule has 1 aliphatic heterocycles. The zero-order chi connectivity index (χ0) is 22.9. The number of morpholine rings is 1. The summed E-state index contributed by atoms with van der Waals surface area (Å²) in [5, 5.41) is 2.62. The maximum Gasteiger partial charge on any atom is 0.262 e. The van der Waals surface area contributed by atoms with E-state index in [1.807, 2.05) is 0 Å². The topological polar surface area (TPSA) is 102 Å². The Kier molecular flexibility index (Phi) is 6.27. The van der Waals surface area contributed by atoms with Gasteiger partial charge in [0.15, 0.2) is 12.4 Å². The van der Waals surface area contributed by atoms with E-state index in [9.17, 15) is 22.4 Å². The number of anilines is 1.